The Bertz CT molecular complexity index is 678. The molecule has 0 aliphatic carbocycles. The van der Waals surface area contributed by atoms with Gasteiger partial charge in [-0.05, 0) is 25.0 Å². The number of Topliss-reactive ketones (excluding diaryl/α,β-unsaturated/α-hetero) is 1. The van der Waals surface area contributed by atoms with Crippen molar-refractivity contribution >= 4 is 41.6 Å². The molecule has 0 saturated carbocycles. The van der Waals surface area contributed by atoms with Gasteiger partial charge in [-0.3, -0.25) is 24.2 Å². The molecular formula is C20H27N3O3S. The molecule has 2 amide bonds. The van der Waals surface area contributed by atoms with Gasteiger partial charge in [0.05, 0.1) is 17.9 Å². The van der Waals surface area contributed by atoms with Gasteiger partial charge < -0.3 is 4.90 Å². The van der Waals surface area contributed by atoms with Gasteiger partial charge >= 0.3 is 0 Å². The number of hydrogen-bond donors (Lipinski definition) is 1. The Balaban J connectivity index is 1.30. The summed E-state index contributed by atoms with van der Waals surface area (Å²) in [7, 11) is 0. The van der Waals surface area contributed by atoms with E-state index in [4.69, 9.17) is 0 Å². The van der Waals surface area contributed by atoms with Crippen molar-refractivity contribution in [3.63, 3.8) is 0 Å². The molecule has 7 heteroatoms. The van der Waals surface area contributed by atoms with Gasteiger partial charge in [-0.2, -0.15) is 12.6 Å². The van der Waals surface area contributed by atoms with Crippen LogP contribution in [0.3, 0.4) is 0 Å². The van der Waals surface area contributed by atoms with Gasteiger partial charge in [-0.15, -0.1) is 0 Å². The molecule has 2 aliphatic heterocycles. The fraction of sp³-hybridized carbons (Fsp3) is 0.550. The third-order valence-corrected chi connectivity index (χ3v) is 5.52. The molecule has 0 atom stereocenters. The summed E-state index contributed by atoms with van der Waals surface area (Å²) in [5.74, 6) is 0.753. The van der Waals surface area contributed by atoms with Crippen molar-refractivity contribution in [2.45, 2.75) is 32.1 Å². The van der Waals surface area contributed by atoms with Crippen molar-refractivity contribution in [3.05, 3.63) is 24.3 Å². The molecule has 0 spiro atoms. The van der Waals surface area contributed by atoms with Gasteiger partial charge in [-0.1, -0.05) is 18.6 Å². The monoisotopic (exact) mass is 389 g/mol. The molecule has 0 radical (unpaired) electrons. The molecule has 1 saturated heterocycles. The van der Waals surface area contributed by atoms with Crippen molar-refractivity contribution < 1.29 is 14.4 Å². The molecule has 2 heterocycles. The first kappa shape index (κ1) is 19.9. The number of anilines is 2. The third-order valence-electron chi connectivity index (χ3n) is 5.17. The fourth-order valence-electron chi connectivity index (χ4n) is 3.50. The number of unbranched alkanes of at least 4 members (excludes halogenated alkanes) is 2. The average molecular weight is 390 g/mol. The molecule has 0 bridgehead atoms. The van der Waals surface area contributed by atoms with Crippen LogP contribution in [0.2, 0.25) is 0 Å². The standard InChI is InChI=1S/C20H27N3O3S/c24-16(15-27)6-2-1-3-9-19(25)22-12-10-21(11-13-22)14-20(26)23-17-7-4-5-8-18(17)23/h4-5,7-8,27H,1-3,6,9-15H2. The van der Waals surface area contributed by atoms with Gasteiger partial charge in [0.1, 0.15) is 5.78 Å². The molecular weight excluding hydrogens is 362 g/mol. The van der Waals surface area contributed by atoms with Crippen LogP contribution >= 0.6 is 12.6 Å². The van der Waals surface area contributed by atoms with Crippen LogP contribution < -0.4 is 4.90 Å². The molecule has 0 aromatic heterocycles. The highest BCUT2D eigenvalue weighted by Crippen LogP contribution is 2.47. The highest BCUT2D eigenvalue weighted by Gasteiger charge is 2.35. The lowest BCUT2D eigenvalue weighted by Crippen LogP contribution is -2.50. The molecule has 1 fully saturated rings. The van der Waals surface area contributed by atoms with Crippen molar-refractivity contribution in [2.24, 2.45) is 0 Å². The number of carbonyl (C=O) groups is 3. The zero-order valence-electron chi connectivity index (χ0n) is 15.6. The zero-order chi connectivity index (χ0) is 19.2. The van der Waals surface area contributed by atoms with E-state index in [1.165, 1.54) is 0 Å². The maximum Gasteiger partial charge on any atom is 0.245 e. The Kier molecular flexibility index (Phi) is 6.90. The summed E-state index contributed by atoms with van der Waals surface area (Å²) >= 11 is 3.96. The van der Waals surface area contributed by atoms with Crippen LogP contribution in [0.25, 0.3) is 0 Å². The predicted molar refractivity (Wildman–Crippen MR) is 109 cm³/mol. The van der Waals surface area contributed by atoms with Crippen LogP contribution in [0.15, 0.2) is 24.3 Å². The van der Waals surface area contributed by atoms with E-state index in [0.29, 0.717) is 38.2 Å². The van der Waals surface area contributed by atoms with Crippen molar-refractivity contribution in [1.29, 1.82) is 0 Å². The second kappa shape index (κ2) is 9.37. The summed E-state index contributed by atoms with van der Waals surface area (Å²) in [5.41, 5.74) is 2.01. The predicted octanol–water partition coefficient (Wildman–Crippen LogP) is 2.26. The van der Waals surface area contributed by atoms with Gasteiger partial charge in [0.15, 0.2) is 0 Å². The van der Waals surface area contributed by atoms with E-state index in [1.807, 2.05) is 29.2 Å². The van der Waals surface area contributed by atoms with Crippen LogP contribution in [0.5, 0.6) is 0 Å². The topological polar surface area (TPSA) is 60.7 Å². The molecule has 146 valence electrons. The van der Waals surface area contributed by atoms with E-state index >= 15 is 0 Å². The Labute approximate surface area is 165 Å². The highest BCUT2D eigenvalue weighted by molar-refractivity contribution is 7.81. The number of nitrogens with zero attached hydrogens (tertiary/aromatic N) is 3. The molecule has 0 N–H and O–H groups in total. The first-order valence-electron chi connectivity index (χ1n) is 9.65. The second-order valence-electron chi connectivity index (χ2n) is 7.13. The SMILES string of the molecule is O=C(CS)CCCCCC(=O)N1CCN(CC(=O)N2c3ccccc32)CC1. The first-order chi connectivity index (χ1) is 13.1. The maximum atomic E-state index is 12.4. The number of carbonyl (C=O) groups excluding carboxylic acids is 3. The Morgan fingerprint density at radius 1 is 0.852 bits per heavy atom. The van der Waals surface area contributed by atoms with Crippen LogP contribution in [-0.2, 0) is 14.4 Å². The lowest BCUT2D eigenvalue weighted by molar-refractivity contribution is -0.133. The number of hydrogen-bond acceptors (Lipinski definition) is 5. The minimum absolute atomic E-state index is 0.103. The number of para-hydroxylation sites is 2. The first-order valence-corrected chi connectivity index (χ1v) is 10.3. The van der Waals surface area contributed by atoms with Gasteiger partial charge in [0.2, 0.25) is 11.8 Å². The van der Waals surface area contributed by atoms with Crippen molar-refractivity contribution in [1.82, 2.24) is 9.80 Å². The average Bonchev–Trinajstić information content (AvgIpc) is 3.42. The molecule has 0 unspecified atom stereocenters. The summed E-state index contributed by atoms with van der Waals surface area (Å²) in [6.45, 7) is 3.22. The smallest absolute Gasteiger partial charge is 0.245 e. The molecule has 2 aliphatic rings. The number of benzene rings is 1. The van der Waals surface area contributed by atoms with Crippen molar-refractivity contribution in [3.8, 4) is 0 Å². The number of rotatable bonds is 9. The molecule has 3 rings (SSSR count). The lowest BCUT2D eigenvalue weighted by atomic mass is 10.1. The molecule has 6 nitrogen and oxygen atoms in total. The van der Waals surface area contributed by atoms with Gasteiger partial charge in [0, 0.05) is 44.8 Å². The third kappa shape index (κ3) is 5.32. The van der Waals surface area contributed by atoms with Crippen LogP contribution in [-0.4, -0.2) is 65.9 Å². The van der Waals surface area contributed by atoms with Crippen LogP contribution in [0.4, 0.5) is 11.4 Å². The second-order valence-corrected chi connectivity index (χ2v) is 7.45. The number of thiol groups is 1. The van der Waals surface area contributed by atoms with Gasteiger partial charge in [-0.25, -0.2) is 0 Å². The Hall–Kier alpha value is -1.86. The normalized spacial score (nSPS) is 16.2. The molecule has 1 aromatic rings. The van der Waals surface area contributed by atoms with E-state index < -0.39 is 0 Å². The van der Waals surface area contributed by atoms with E-state index in [-0.39, 0.29) is 17.6 Å². The van der Waals surface area contributed by atoms with Crippen LogP contribution in [0.1, 0.15) is 32.1 Å². The minimum Gasteiger partial charge on any atom is -0.340 e. The van der Waals surface area contributed by atoms with Crippen LogP contribution in [0, 0.1) is 0 Å². The van der Waals surface area contributed by atoms with Crippen molar-refractivity contribution in [2.75, 3.05) is 43.4 Å². The highest BCUT2D eigenvalue weighted by atomic mass is 32.1. The summed E-state index contributed by atoms with van der Waals surface area (Å²) in [6, 6.07) is 7.79. The summed E-state index contributed by atoms with van der Waals surface area (Å²) in [4.78, 5) is 41.7. The number of fused-ring (bicyclic) bond motifs is 1. The Morgan fingerprint density at radius 2 is 1.48 bits per heavy atom. The van der Waals surface area contributed by atoms with E-state index in [0.717, 1.165) is 43.7 Å². The lowest BCUT2D eigenvalue weighted by Gasteiger charge is -2.34. The number of ketones is 1. The molecule has 1 aromatic carbocycles. The zero-order valence-corrected chi connectivity index (χ0v) is 16.5. The Morgan fingerprint density at radius 3 is 2.11 bits per heavy atom. The summed E-state index contributed by atoms with van der Waals surface area (Å²) < 4.78 is 0. The minimum atomic E-state index is 0.103. The van der Waals surface area contributed by atoms with Gasteiger partial charge in [0.25, 0.3) is 0 Å². The summed E-state index contributed by atoms with van der Waals surface area (Å²) in [6.07, 6.45) is 3.66. The summed E-state index contributed by atoms with van der Waals surface area (Å²) in [5, 5.41) is 0. The van der Waals surface area contributed by atoms with E-state index in [9.17, 15) is 14.4 Å². The van der Waals surface area contributed by atoms with E-state index in [2.05, 4.69) is 17.5 Å². The number of amides is 2. The largest absolute Gasteiger partial charge is 0.340 e. The quantitative estimate of drug-likeness (QED) is 0.400. The number of piperazine rings is 1. The fourth-order valence-corrected chi connectivity index (χ4v) is 3.66. The van der Waals surface area contributed by atoms with E-state index in [1.54, 1.807) is 4.90 Å². The maximum absolute atomic E-state index is 12.4. The molecule has 27 heavy (non-hydrogen) atoms.